The van der Waals surface area contributed by atoms with Crippen LogP contribution >= 0.6 is 0 Å². The van der Waals surface area contributed by atoms with E-state index in [1.165, 1.54) is 0 Å². The van der Waals surface area contributed by atoms with Crippen molar-refractivity contribution in [3.05, 3.63) is 41.6 Å². The molecule has 88 valence electrons. The quantitative estimate of drug-likeness (QED) is 0.860. The van der Waals surface area contributed by atoms with Crippen LogP contribution in [0.5, 0.6) is 11.6 Å². The molecule has 0 amide bonds. The molecule has 0 saturated heterocycles. The zero-order valence-electron chi connectivity index (χ0n) is 10.2. The molecular weight excluding hydrogens is 214 g/mol. The molecule has 1 N–H and O–H groups in total. The first-order chi connectivity index (χ1) is 8.11. The van der Waals surface area contributed by atoms with Crippen LogP contribution < -0.4 is 4.74 Å². The first-order valence-electron chi connectivity index (χ1n) is 5.42. The Morgan fingerprint density at radius 1 is 1.12 bits per heavy atom. The van der Waals surface area contributed by atoms with Gasteiger partial charge in [0.2, 0.25) is 5.88 Å². The number of ether oxygens (including phenoxy) is 1. The van der Waals surface area contributed by atoms with Crippen molar-refractivity contribution in [3.8, 4) is 22.8 Å². The number of benzene rings is 1. The number of phenolic OH excluding ortho intramolecular Hbond substituents is 1. The monoisotopic (exact) mass is 229 g/mol. The van der Waals surface area contributed by atoms with E-state index in [0.717, 1.165) is 22.3 Å². The summed E-state index contributed by atoms with van der Waals surface area (Å²) in [7, 11) is 1.60. The second kappa shape index (κ2) is 4.45. The number of pyridine rings is 1. The predicted octanol–water partition coefficient (Wildman–Crippen LogP) is 3.08. The van der Waals surface area contributed by atoms with E-state index in [4.69, 9.17) is 4.74 Å². The molecule has 0 spiro atoms. The van der Waals surface area contributed by atoms with Gasteiger partial charge in [-0.2, -0.15) is 0 Å². The van der Waals surface area contributed by atoms with Crippen LogP contribution in [0.1, 0.15) is 11.1 Å². The van der Waals surface area contributed by atoms with Crippen LogP contribution in [0.4, 0.5) is 0 Å². The van der Waals surface area contributed by atoms with Crippen LogP contribution in [0.15, 0.2) is 30.5 Å². The van der Waals surface area contributed by atoms with Gasteiger partial charge in [0.15, 0.2) is 0 Å². The van der Waals surface area contributed by atoms with E-state index in [9.17, 15) is 5.11 Å². The fraction of sp³-hybridized carbons (Fsp3) is 0.214. The molecule has 0 fully saturated rings. The molecule has 1 heterocycles. The molecule has 1 aromatic carbocycles. The van der Waals surface area contributed by atoms with E-state index in [-0.39, 0.29) is 0 Å². The second-order valence-corrected chi connectivity index (χ2v) is 4.04. The standard InChI is InChI=1S/C14H15NO2/c1-9-7-13(16)10(2)6-12(9)11-4-5-14(17-3)15-8-11/h4-8,16H,1-3H3. The molecule has 3 nitrogen and oxygen atoms in total. The highest BCUT2D eigenvalue weighted by Gasteiger charge is 2.06. The molecule has 0 aliphatic carbocycles. The van der Waals surface area contributed by atoms with Crippen molar-refractivity contribution in [2.45, 2.75) is 13.8 Å². The summed E-state index contributed by atoms with van der Waals surface area (Å²) in [5.74, 6) is 0.926. The summed E-state index contributed by atoms with van der Waals surface area (Å²) >= 11 is 0. The van der Waals surface area contributed by atoms with Gasteiger partial charge in [0, 0.05) is 17.8 Å². The maximum atomic E-state index is 9.62. The van der Waals surface area contributed by atoms with E-state index in [0.29, 0.717) is 11.6 Å². The topological polar surface area (TPSA) is 42.4 Å². The summed E-state index contributed by atoms with van der Waals surface area (Å²) in [5.41, 5.74) is 3.99. The van der Waals surface area contributed by atoms with Crippen LogP contribution in [0.3, 0.4) is 0 Å². The molecule has 2 rings (SSSR count). The van der Waals surface area contributed by atoms with Gasteiger partial charge in [0.1, 0.15) is 5.75 Å². The Kier molecular flexibility index (Phi) is 3.00. The summed E-state index contributed by atoms with van der Waals surface area (Å²) in [6.45, 7) is 3.86. The van der Waals surface area contributed by atoms with Gasteiger partial charge in [0.05, 0.1) is 7.11 Å². The maximum absolute atomic E-state index is 9.62. The molecule has 0 unspecified atom stereocenters. The largest absolute Gasteiger partial charge is 0.508 e. The summed E-state index contributed by atoms with van der Waals surface area (Å²) < 4.78 is 5.03. The van der Waals surface area contributed by atoms with Gasteiger partial charge >= 0.3 is 0 Å². The van der Waals surface area contributed by atoms with Crippen molar-refractivity contribution in [2.75, 3.05) is 7.11 Å². The molecule has 0 aliphatic heterocycles. The summed E-state index contributed by atoms with van der Waals surface area (Å²) in [4.78, 5) is 4.18. The van der Waals surface area contributed by atoms with E-state index in [1.807, 2.05) is 32.0 Å². The number of aromatic hydroxyl groups is 1. The van der Waals surface area contributed by atoms with Crippen molar-refractivity contribution in [3.63, 3.8) is 0 Å². The number of methoxy groups -OCH3 is 1. The van der Waals surface area contributed by atoms with Gasteiger partial charge in [-0.15, -0.1) is 0 Å². The van der Waals surface area contributed by atoms with Gasteiger partial charge in [-0.3, -0.25) is 0 Å². The number of rotatable bonds is 2. The molecule has 0 aliphatic rings. The van der Waals surface area contributed by atoms with E-state index >= 15 is 0 Å². The van der Waals surface area contributed by atoms with E-state index in [1.54, 1.807) is 19.4 Å². The molecule has 3 heteroatoms. The molecule has 0 radical (unpaired) electrons. The predicted molar refractivity (Wildman–Crippen MR) is 67.4 cm³/mol. The molecule has 2 aromatic rings. The molecule has 0 saturated carbocycles. The zero-order valence-corrected chi connectivity index (χ0v) is 10.2. The van der Waals surface area contributed by atoms with Gasteiger partial charge in [-0.1, -0.05) is 0 Å². The van der Waals surface area contributed by atoms with Crippen LogP contribution in [-0.2, 0) is 0 Å². The molecule has 0 bridgehead atoms. The highest BCUT2D eigenvalue weighted by molar-refractivity contribution is 5.68. The van der Waals surface area contributed by atoms with Crippen molar-refractivity contribution in [1.29, 1.82) is 0 Å². The second-order valence-electron chi connectivity index (χ2n) is 4.04. The van der Waals surface area contributed by atoms with E-state index < -0.39 is 0 Å². The van der Waals surface area contributed by atoms with E-state index in [2.05, 4.69) is 4.98 Å². The fourth-order valence-electron chi connectivity index (χ4n) is 1.77. The zero-order chi connectivity index (χ0) is 12.4. The normalized spacial score (nSPS) is 10.3. The van der Waals surface area contributed by atoms with Crippen LogP contribution in [0, 0.1) is 13.8 Å². The smallest absolute Gasteiger partial charge is 0.212 e. The fourth-order valence-corrected chi connectivity index (χ4v) is 1.77. The highest BCUT2D eigenvalue weighted by Crippen LogP contribution is 2.29. The summed E-state index contributed by atoms with van der Waals surface area (Å²) in [6, 6.07) is 7.53. The summed E-state index contributed by atoms with van der Waals surface area (Å²) in [6.07, 6.45) is 1.78. The van der Waals surface area contributed by atoms with Gasteiger partial charge in [-0.25, -0.2) is 4.98 Å². The Hall–Kier alpha value is -2.03. The number of nitrogens with zero attached hydrogens (tertiary/aromatic N) is 1. The molecule has 0 atom stereocenters. The maximum Gasteiger partial charge on any atom is 0.212 e. The van der Waals surface area contributed by atoms with Crippen molar-refractivity contribution in [1.82, 2.24) is 4.98 Å². The van der Waals surface area contributed by atoms with Crippen molar-refractivity contribution in [2.24, 2.45) is 0 Å². The third-order valence-corrected chi connectivity index (χ3v) is 2.80. The third kappa shape index (κ3) is 2.23. The van der Waals surface area contributed by atoms with Crippen molar-refractivity contribution < 1.29 is 9.84 Å². The first kappa shape index (κ1) is 11.5. The highest BCUT2D eigenvalue weighted by atomic mass is 16.5. The number of hydrogen-bond acceptors (Lipinski definition) is 3. The van der Waals surface area contributed by atoms with Crippen molar-refractivity contribution >= 4 is 0 Å². The first-order valence-corrected chi connectivity index (χ1v) is 5.42. The SMILES string of the molecule is COc1ccc(-c2cc(C)c(O)cc2C)cn1. The number of aromatic nitrogens is 1. The minimum Gasteiger partial charge on any atom is -0.508 e. The molecule has 1 aromatic heterocycles. The van der Waals surface area contributed by atoms with Gasteiger partial charge in [0.25, 0.3) is 0 Å². The average Bonchev–Trinajstić information content (AvgIpc) is 2.34. The summed E-state index contributed by atoms with van der Waals surface area (Å²) in [5, 5.41) is 9.62. The third-order valence-electron chi connectivity index (χ3n) is 2.80. The lowest BCUT2D eigenvalue weighted by Crippen LogP contribution is -1.89. The molecule has 17 heavy (non-hydrogen) atoms. The number of aryl methyl sites for hydroxylation is 2. The minimum absolute atomic E-state index is 0.327. The Morgan fingerprint density at radius 3 is 2.47 bits per heavy atom. The Bertz CT molecular complexity index is 533. The lowest BCUT2D eigenvalue weighted by atomic mass is 9.99. The number of phenols is 1. The Morgan fingerprint density at radius 2 is 1.88 bits per heavy atom. The number of hydrogen-bond donors (Lipinski definition) is 1. The van der Waals surface area contributed by atoms with Crippen LogP contribution in [0.25, 0.3) is 11.1 Å². The Balaban J connectivity index is 2.48. The van der Waals surface area contributed by atoms with Gasteiger partial charge in [-0.05, 0) is 48.7 Å². The minimum atomic E-state index is 0.327. The lowest BCUT2D eigenvalue weighted by molar-refractivity contribution is 0.398. The van der Waals surface area contributed by atoms with Crippen LogP contribution in [-0.4, -0.2) is 17.2 Å². The van der Waals surface area contributed by atoms with Gasteiger partial charge < -0.3 is 9.84 Å². The molecular formula is C14H15NO2. The Labute approximate surface area is 101 Å². The van der Waals surface area contributed by atoms with Crippen LogP contribution in [0.2, 0.25) is 0 Å². The lowest BCUT2D eigenvalue weighted by Gasteiger charge is -2.09. The average molecular weight is 229 g/mol.